The molecule has 0 aliphatic heterocycles. The summed E-state index contributed by atoms with van der Waals surface area (Å²) in [7, 11) is 1.31. The number of hydrogen-bond acceptors (Lipinski definition) is 3. The van der Waals surface area contributed by atoms with Crippen LogP contribution in [-0.4, -0.2) is 19.8 Å². The molecule has 0 radical (unpaired) electrons. The minimum absolute atomic E-state index is 0.128. The topological polar surface area (TPSA) is 41.5 Å². The van der Waals surface area contributed by atoms with Crippen LogP contribution in [0.3, 0.4) is 0 Å². The van der Waals surface area contributed by atoms with E-state index in [9.17, 15) is 0 Å². The Bertz CT molecular complexity index is 17.1. The predicted molar refractivity (Wildman–Crippen MR) is 19.5 cm³/mol. The largest absolute Gasteiger partial charge is 0.439 e. The Morgan fingerprint density at radius 3 is 2.60 bits per heavy atom. The molecule has 5 heavy (non-hydrogen) atoms. The SMILES string of the molecule is CONBO. The van der Waals surface area contributed by atoms with E-state index in [4.69, 9.17) is 5.02 Å². The number of nitrogens with one attached hydrogen (secondary N) is 1. The van der Waals surface area contributed by atoms with Crippen LogP contribution >= 0.6 is 0 Å². The van der Waals surface area contributed by atoms with E-state index < -0.39 is 0 Å². The molecule has 0 heterocycles. The van der Waals surface area contributed by atoms with Crippen molar-refractivity contribution < 1.29 is 9.86 Å². The Kier molecular flexibility index (Phi) is 3.90. The maximum Gasteiger partial charge on any atom is 0.382 e. The van der Waals surface area contributed by atoms with Crippen molar-refractivity contribution in [2.75, 3.05) is 7.11 Å². The highest BCUT2D eigenvalue weighted by Gasteiger charge is 1.69. The highest BCUT2D eigenvalue weighted by Crippen LogP contribution is 1.38. The molecule has 0 bridgehead atoms. The van der Waals surface area contributed by atoms with Crippen LogP contribution in [0.25, 0.3) is 0 Å². The molecule has 30 valence electrons. The van der Waals surface area contributed by atoms with Crippen molar-refractivity contribution in [1.29, 1.82) is 0 Å². The lowest BCUT2D eigenvalue weighted by Crippen LogP contribution is -2.15. The molecule has 0 aliphatic carbocycles. The van der Waals surface area contributed by atoms with Crippen molar-refractivity contribution in [2.24, 2.45) is 0 Å². The lowest BCUT2D eigenvalue weighted by atomic mass is 10.3. The second-order valence-corrected chi connectivity index (χ2v) is 0.507. The minimum atomic E-state index is -0.128. The van der Waals surface area contributed by atoms with Gasteiger partial charge in [0.1, 0.15) is 0 Å². The summed E-state index contributed by atoms with van der Waals surface area (Å²) in [5, 5.41) is 10.00. The van der Waals surface area contributed by atoms with Gasteiger partial charge in [0, 0.05) is 0 Å². The lowest BCUT2D eigenvalue weighted by molar-refractivity contribution is 0.143. The molecule has 0 aromatic carbocycles. The summed E-state index contributed by atoms with van der Waals surface area (Å²) in [5.74, 6) is 0. The Balaban J connectivity index is 2.19. The molecule has 0 unspecified atom stereocenters. The van der Waals surface area contributed by atoms with Crippen molar-refractivity contribution in [1.82, 2.24) is 5.39 Å². The van der Waals surface area contributed by atoms with Gasteiger partial charge >= 0.3 is 7.62 Å². The Morgan fingerprint density at radius 1 is 2.00 bits per heavy atom. The van der Waals surface area contributed by atoms with Gasteiger partial charge in [-0.15, -0.1) is 0 Å². The molecular formula is CH6BNO2. The zero-order valence-electron chi connectivity index (χ0n) is 3.06. The van der Waals surface area contributed by atoms with Crippen LogP contribution in [0.4, 0.5) is 0 Å². The van der Waals surface area contributed by atoms with Crippen LogP contribution in [-0.2, 0) is 4.84 Å². The molecule has 0 saturated heterocycles. The van der Waals surface area contributed by atoms with E-state index in [0.717, 1.165) is 0 Å². The van der Waals surface area contributed by atoms with Gasteiger partial charge in [0.15, 0.2) is 0 Å². The van der Waals surface area contributed by atoms with Crippen molar-refractivity contribution in [2.45, 2.75) is 0 Å². The summed E-state index contributed by atoms with van der Waals surface area (Å²) in [4.78, 5) is 4.19. The Labute approximate surface area is 31.2 Å². The monoisotopic (exact) mass is 75.0 g/mol. The van der Waals surface area contributed by atoms with Gasteiger partial charge in [0.05, 0.1) is 7.11 Å². The molecular weight excluding hydrogens is 68.8 g/mol. The lowest BCUT2D eigenvalue weighted by Gasteiger charge is -1.85. The molecule has 0 spiro atoms. The first kappa shape index (κ1) is 4.94. The summed E-state index contributed by atoms with van der Waals surface area (Å²) >= 11 is 0. The maximum absolute atomic E-state index is 7.83. The third kappa shape index (κ3) is 3.94. The Hall–Kier alpha value is -0.0551. The molecule has 0 atom stereocenters. The highest BCUT2D eigenvalue weighted by molar-refractivity contribution is 6.20. The van der Waals surface area contributed by atoms with Crippen LogP contribution in [0, 0.1) is 0 Å². The quantitative estimate of drug-likeness (QED) is 0.306. The molecule has 0 aliphatic rings. The maximum atomic E-state index is 7.83. The first-order valence-corrected chi connectivity index (χ1v) is 1.28. The molecule has 0 saturated carbocycles. The first-order valence-electron chi connectivity index (χ1n) is 1.28. The molecule has 4 heteroatoms. The van der Waals surface area contributed by atoms with Crippen molar-refractivity contribution in [3.05, 3.63) is 0 Å². The van der Waals surface area contributed by atoms with Crippen LogP contribution in [0.15, 0.2) is 0 Å². The fraction of sp³-hybridized carbons (Fsp3) is 1.00. The van der Waals surface area contributed by atoms with E-state index in [2.05, 4.69) is 10.2 Å². The zero-order valence-corrected chi connectivity index (χ0v) is 3.06. The molecule has 3 nitrogen and oxygen atoms in total. The van der Waals surface area contributed by atoms with Gasteiger partial charge in [-0.25, -0.2) is 5.39 Å². The second-order valence-electron chi connectivity index (χ2n) is 0.507. The van der Waals surface area contributed by atoms with Gasteiger partial charge in [-0.05, 0) is 0 Å². The average molecular weight is 74.9 g/mol. The molecule has 0 rings (SSSR count). The summed E-state index contributed by atoms with van der Waals surface area (Å²) in [6.45, 7) is 0. The predicted octanol–water partition coefficient (Wildman–Crippen LogP) is -1.60. The van der Waals surface area contributed by atoms with Gasteiger partial charge in [0.25, 0.3) is 0 Å². The normalized spacial score (nSPS) is 7.60. The zero-order chi connectivity index (χ0) is 4.12. The van der Waals surface area contributed by atoms with Gasteiger partial charge in [0.2, 0.25) is 0 Å². The minimum Gasteiger partial charge on any atom is -0.439 e. The molecule has 0 aromatic heterocycles. The fourth-order valence-corrected chi connectivity index (χ4v) is 0.0645. The van der Waals surface area contributed by atoms with Gasteiger partial charge in [-0.1, -0.05) is 0 Å². The van der Waals surface area contributed by atoms with E-state index in [0.29, 0.717) is 0 Å². The van der Waals surface area contributed by atoms with E-state index in [1.165, 1.54) is 7.11 Å². The number of rotatable bonds is 2. The summed E-state index contributed by atoms with van der Waals surface area (Å²) in [6.07, 6.45) is 0. The van der Waals surface area contributed by atoms with Crippen LogP contribution in [0.2, 0.25) is 0 Å². The van der Waals surface area contributed by atoms with Gasteiger partial charge in [-0.3, -0.25) is 0 Å². The van der Waals surface area contributed by atoms with Crippen LogP contribution in [0.5, 0.6) is 0 Å². The molecule has 0 fully saturated rings. The smallest absolute Gasteiger partial charge is 0.382 e. The van der Waals surface area contributed by atoms with Crippen LogP contribution < -0.4 is 5.39 Å². The number of hydrogen-bond donors (Lipinski definition) is 2. The van der Waals surface area contributed by atoms with Gasteiger partial charge < -0.3 is 9.86 Å². The van der Waals surface area contributed by atoms with E-state index in [1.54, 1.807) is 0 Å². The summed E-state index contributed by atoms with van der Waals surface area (Å²) in [6, 6.07) is 0. The van der Waals surface area contributed by atoms with Crippen molar-refractivity contribution >= 4 is 7.62 Å². The van der Waals surface area contributed by atoms with E-state index >= 15 is 0 Å². The highest BCUT2D eigenvalue weighted by atomic mass is 16.6. The molecule has 0 aromatic rings. The fourth-order valence-electron chi connectivity index (χ4n) is 0.0645. The van der Waals surface area contributed by atoms with E-state index in [-0.39, 0.29) is 7.62 Å². The van der Waals surface area contributed by atoms with E-state index in [1.807, 2.05) is 0 Å². The Morgan fingerprint density at radius 2 is 2.60 bits per heavy atom. The summed E-state index contributed by atoms with van der Waals surface area (Å²) < 4.78 is 0. The van der Waals surface area contributed by atoms with Crippen LogP contribution in [0.1, 0.15) is 0 Å². The average Bonchev–Trinajstić information content (AvgIpc) is 1.41. The van der Waals surface area contributed by atoms with Gasteiger partial charge in [-0.2, -0.15) is 0 Å². The first-order chi connectivity index (χ1) is 2.41. The van der Waals surface area contributed by atoms with Crippen molar-refractivity contribution in [3.63, 3.8) is 0 Å². The third-order valence-electron chi connectivity index (χ3n) is 0.209. The standard InChI is InChI=1S/CH6BNO2/c1-5-3-2-4/h2-4H,1H3. The second kappa shape index (κ2) is 3.94. The van der Waals surface area contributed by atoms with Crippen molar-refractivity contribution in [3.8, 4) is 0 Å². The molecule has 0 amide bonds. The third-order valence-corrected chi connectivity index (χ3v) is 0.209. The molecule has 2 N–H and O–H groups in total. The summed E-state index contributed by atoms with van der Waals surface area (Å²) in [5.41, 5.74) is 0.